The van der Waals surface area contributed by atoms with Crippen LogP contribution in [0, 0.1) is 13.8 Å². The zero-order valence-corrected chi connectivity index (χ0v) is 15.6. The number of nitrogens with two attached hydrogens (primary N) is 1. The van der Waals surface area contributed by atoms with Crippen molar-refractivity contribution in [1.82, 2.24) is 0 Å². The van der Waals surface area contributed by atoms with Crippen LogP contribution in [0.1, 0.15) is 38.1 Å². The fourth-order valence-corrected chi connectivity index (χ4v) is 3.37. The van der Waals surface area contributed by atoms with Gasteiger partial charge in [0.05, 0.1) is 17.0 Å². The number of anilines is 1. The normalized spacial score (nSPS) is 10.3. The Morgan fingerprint density at radius 1 is 1.23 bits per heavy atom. The van der Waals surface area contributed by atoms with Gasteiger partial charge >= 0.3 is 5.97 Å². The van der Waals surface area contributed by atoms with Gasteiger partial charge in [-0.3, -0.25) is 9.59 Å². The number of aryl methyl sites for hydroxylation is 1. The smallest absolute Gasteiger partial charge is 0.341 e. The largest absolute Gasteiger partial charge is 0.484 e. The summed E-state index contributed by atoms with van der Waals surface area (Å²) in [5.74, 6) is -1.20. The summed E-state index contributed by atoms with van der Waals surface area (Å²) in [6.07, 6.45) is 0. The van der Waals surface area contributed by atoms with Crippen LogP contribution in [0.25, 0.3) is 0 Å². The van der Waals surface area contributed by atoms with Crippen molar-refractivity contribution in [3.63, 3.8) is 0 Å². The van der Waals surface area contributed by atoms with E-state index in [-0.39, 0.29) is 28.7 Å². The number of hydrogen-bond donors (Lipinski definition) is 2. The molecule has 0 unspecified atom stereocenters. The number of benzene rings is 1. The van der Waals surface area contributed by atoms with Gasteiger partial charge in [-0.25, -0.2) is 4.79 Å². The molecule has 0 aliphatic rings. The van der Waals surface area contributed by atoms with Crippen LogP contribution in [0.15, 0.2) is 24.3 Å². The van der Waals surface area contributed by atoms with E-state index in [2.05, 4.69) is 5.32 Å². The van der Waals surface area contributed by atoms with Crippen LogP contribution in [0.5, 0.6) is 5.75 Å². The Labute approximate surface area is 155 Å². The van der Waals surface area contributed by atoms with Gasteiger partial charge in [-0.2, -0.15) is 0 Å². The maximum atomic E-state index is 12.2. The number of hydrogen-bond acceptors (Lipinski definition) is 6. The highest BCUT2D eigenvalue weighted by Crippen LogP contribution is 2.33. The standard InChI is InChI=1S/C18H20N2O5S/c1-4-24-18(23)14-11(3)15(16(19)22)26-17(14)20-13(21)9-25-12-7-5-6-10(2)8-12/h5-8H,4,9H2,1-3H3,(H2,19,22)(H,20,21). The highest BCUT2D eigenvalue weighted by Gasteiger charge is 2.25. The minimum Gasteiger partial charge on any atom is -0.484 e. The van der Waals surface area contributed by atoms with Crippen molar-refractivity contribution >= 4 is 34.1 Å². The van der Waals surface area contributed by atoms with Crippen molar-refractivity contribution in [2.24, 2.45) is 5.73 Å². The van der Waals surface area contributed by atoms with Crippen LogP contribution in [0.2, 0.25) is 0 Å². The van der Waals surface area contributed by atoms with Gasteiger partial charge in [0.2, 0.25) is 0 Å². The molecule has 3 N–H and O–H groups in total. The first-order valence-corrected chi connectivity index (χ1v) is 8.74. The van der Waals surface area contributed by atoms with Crippen LogP contribution in [-0.4, -0.2) is 31.0 Å². The number of carbonyl (C=O) groups is 3. The summed E-state index contributed by atoms with van der Waals surface area (Å²) < 4.78 is 10.4. The number of primary amides is 1. The molecule has 26 heavy (non-hydrogen) atoms. The summed E-state index contributed by atoms with van der Waals surface area (Å²) in [5, 5.41) is 2.81. The van der Waals surface area contributed by atoms with Crippen LogP contribution >= 0.6 is 11.3 Å². The molecule has 1 aromatic carbocycles. The number of carbonyl (C=O) groups excluding carboxylic acids is 3. The first-order chi connectivity index (χ1) is 12.3. The number of thiophene rings is 1. The predicted octanol–water partition coefficient (Wildman–Crippen LogP) is 2.66. The Morgan fingerprint density at radius 3 is 2.58 bits per heavy atom. The van der Waals surface area contributed by atoms with E-state index in [1.807, 2.05) is 19.1 Å². The monoisotopic (exact) mass is 376 g/mol. The molecule has 0 radical (unpaired) electrons. The highest BCUT2D eigenvalue weighted by atomic mass is 32.1. The van der Waals surface area contributed by atoms with Crippen molar-refractivity contribution in [3.05, 3.63) is 45.8 Å². The lowest BCUT2D eigenvalue weighted by Crippen LogP contribution is -2.21. The Bertz CT molecular complexity index is 844. The van der Waals surface area contributed by atoms with Crippen molar-refractivity contribution in [2.75, 3.05) is 18.5 Å². The van der Waals surface area contributed by atoms with Gasteiger partial charge in [0.1, 0.15) is 10.8 Å². The molecule has 1 aromatic heterocycles. The molecule has 0 aliphatic carbocycles. The minimum absolute atomic E-state index is 0.134. The predicted molar refractivity (Wildman–Crippen MR) is 98.8 cm³/mol. The average Bonchev–Trinajstić information content (AvgIpc) is 2.89. The molecule has 2 amide bonds. The van der Waals surface area contributed by atoms with Gasteiger partial charge in [-0.15, -0.1) is 11.3 Å². The van der Waals surface area contributed by atoms with Crippen LogP contribution in [0.4, 0.5) is 5.00 Å². The Kier molecular flexibility index (Phi) is 6.35. The molecule has 138 valence electrons. The number of nitrogens with one attached hydrogen (secondary N) is 1. The number of rotatable bonds is 7. The Morgan fingerprint density at radius 2 is 1.96 bits per heavy atom. The van der Waals surface area contributed by atoms with E-state index < -0.39 is 17.8 Å². The maximum Gasteiger partial charge on any atom is 0.341 e. The summed E-state index contributed by atoms with van der Waals surface area (Å²) in [4.78, 5) is 36.1. The lowest BCUT2D eigenvalue weighted by atomic mass is 10.1. The van der Waals surface area contributed by atoms with Gasteiger partial charge in [0.25, 0.3) is 11.8 Å². The SMILES string of the molecule is CCOC(=O)c1c(NC(=O)COc2cccc(C)c2)sc(C(N)=O)c1C. The molecule has 2 rings (SSSR count). The molecule has 0 saturated carbocycles. The maximum absolute atomic E-state index is 12.2. The fraction of sp³-hybridized carbons (Fsp3) is 0.278. The van der Waals surface area contributed by atoms with E-state index in [0.29, 0.717) is 11.3 Å². The van der Waals surface area contributed by atoms with E-state index >= 15 is 0 Å². The summed E-state index contributed by atoms with van der Waals surface area (Å²) in [7, 11) is 0. The second-order valence-corrected chi connectivity index (χ2v) is 6.52. The molecule has 0 fully saturated rings. The number of amides is 2. The fourth-order valence-electron chi connectivity index (χ4n) is 2.30. The van der Waals surface area contributed by atoms with Crippen LogP contribution in [-0.2, 0) is 9.53 Å². The Balaban J connectivity index is 2.16. The number of ether oxygens (including phenoxy) is 2. The molecule has 0 atom stereocenters. The molecule has 7 nitrogen and oxygen atoms in total. The van der Waals surface area contributed by atoms with E-state index in [0.717, 1.165) is 16.9 Å². The summed E-state index contributed by atoms with van der Waals surface area (Å²) >= 11 is 0.938. The van der Waals surface area contributed by atoms with Crippen molar-refractivity contribution in [2.45, 2.75) is 20.8 Å². The molecule has 0 aliphatic heterocycles. The van der Waals surface area contributed by atoms with Gasteiger partial charge in [0, 0.05) is 0 Å². The molecule has 0 spiro atoms. The third-order valence-corrected chi connectivity index (χ3v) is 4.68. The molecule has 0 bridgehead atoms. The zero-order valence-electron chi connectivity index (χ0n) is 14.8. The number of esters is 1. The summed E-state index contributed by atoms with van der Waals surface area (Å²) in [6.45, 7) is 5.10. The topological polar surface area (TPSA) is 108 Å². The van der Waals surface area contributed by atoms with Gasteiger partial charge in [-0.05, 0) is 44.0 Å². The van der Waals surface area contributed by atoms with Gasteiger partial charge in [0.15, 0.2) is 6.61 Å². The van der Waals surface area contributed by atoms with E-state index in [9.17, 15) is 14.4 Å². The average molecular weight is 376 g/mol. The highest BCUT2D eigenvalue weighted by molar-refractivity contribution is 7.18. The lowest BCUT2D eigenvalue weighted by Gasteiger charge is -2.09. The molecular weight excluding hydrogens is 356 g/mol. The van der Waals surface area contributed by atoms with Crippen LogP contribution < -0.4 is 15.8 Å². The van der Waals surface area contributed by atoms with Crippen molar-refractivity contribution < 1.29 is 23.9 Å². The van der Waals surface area contributed by atoms with E-state index in [1.165, 1.54) is 0 Å². The van der Waals surface area contributed by atoms with Gasteiger partial charge < -0.3 is 20.5 Å². The molecular formula is C18H20N2O5S. The summed E-state index contributed by atoms with van der Waals surface area (Å²) in [6, 6.07) is 7.28. The van der Waals surface area contributed by atoms with Gasteiger partial charge in [-0.1, -0.05) is 12.1 Å². The minimum atomic E-state index is -0.672. The van der Waals surface area contributed by atoms with E-state index in [1.54, 1.807) is 26.0 Å². The quantitative estimate of drug-likeness (QED) is 0.722. The second-order valence-electron chi connectivity index (χ2n) is 5.50. The molecule has 8 heteroatoms. The molecule has 0 saturated heterocycles. The molecule has 2 aromatic rings. The van der Waals surface area contributed by atoms with Crippen molar-refractivity contribution in [3.8, 4) is 5.75 Å². The van der Waals surface area contributed by atoms with Crippen molar-refractivity contribution in [1.29, 1.82) is 0 Å². The molecule has 1 heterocycles. The first kappa shape index (κ1) is 19.5. The lowest BCUT2D eigenvalue weighted by molar-refractivity contribution is -0.118. The first-order valence-electron chi connectivity index (χ1n) is 7.93. The third kappa shape index (κ3) is 4.60. The summed E-state index contributed by atoms with van der Waals surface area (Å²) in [5.41, 5.74) is 6.86. The van der Waals surface area contributed by atoms with E-state index in [4.69, 9.17) is 15.2 Å². The van der Waals surface area contributed by atoms with Crippen LogP contribution in [0.3, 0.4) is 0 Å². The Hall–Kier alpha value is -2.87. The zero-order chi connectivity index (χ0) is 19.3. The third-order valence-electron chi connectivity index (χ3n) is 3.46. The second kappa shape index (κ2) is 8.48.